The van der Waals surface area contributed by atoms with Crippen molar-refractivity contribution < 1.29 is 0 Å². The maximum atomic E-state index is 6.11. The lowest BCUT2D eigenvalue weighted by atomic mass is 10.1. The van der Waals surface area contributed by atoms with Gasteiger partial charge in [-0.3, -0.25) is 0 Å². The molecular weight excluding hydrogens is 287 g/mol. The van der Waals surface area contributed by atoms with Gasteiger partial charge in [0.2, 0.25) is 0 Å². The van der Waals surface area contributed by atoms with Gasteiger partial charge in [0, 0.05) is 10.8 Å². The molecule has 5 heteroatoms. The number of hydrogen-bond acceptors (Lipinski definition) is 3. The van der Waals surface area contributed by atoms with E-state index >= 15 is 0 Å². The molecule has 90 valence electrons. The summed E-state index contributed by atoms with van der Waals surface area (Å²) in [4.78, 5) is 1.01. The van der Waals surface area contributed by atoms with Gasteiger partial charge in [-0.05, 0) is 18.6 Å². The van der Waals surface area contributed by atoms with E-state index in [1.165, 1.54) is 11.3 Å². The lowest BCUT2D eigenvalue weighted by Crippen LogP contribution is -1.89. The zero-order chi connectivity index (χ0) is 12.7. The van der Waals surface area contributed by atoms with Gasteiger partial charge in [0.05, 0.1) is 9.21 Å². The fourth-order valence-corrected chi connectivity index (χ4v) is 3.23. The highest BCUT2D eigenvalue weighted by atomic mass is 35.5. The quantitative estimate of drug-likeness (QED) is 0.633. The van der Waals surface area contributed by atoms with Crippen LogP contribution in [0.1, 0.15) is 5.56 Å². The van der Waals surface area contributed by atoms with E-state index in [1.807, 2.05) is 37.3 Å². The Morgan fingerprint density at radius 2 is 1.78 bits per heavy atom. The van der Waals surface area contributed by atoms with Crippen molar-refractivity contribution in [3.05, 3.63) is 45.4 Å². The van der Waals surface area contributed by atoms with Crippen LogP contribution in [0.2, 0.25) is 9.49 Å². The van der Waals surface area contributed by atoms with E-state index in [1.54, 1.807) is 0 Å². The summed E-state index contributed by atoms with van der Waals surface area (Å²) in [6.45, 7) is 1.98. The highest BCUT2D eigenvalue weighted by molar-refractivity contribution is 7.19. The molecule has 0 N–H and O–H groups in total. The summed E-state index contributed by atoms with van der Waals surface area (Å²) in [5, 5.41) is 10.5. The third-order valence-electron chi connectivity index (χ3n) is 2.73. The number of thiophene rings is 1. The molecule has 0 radical (unpaired) electrons. The molecule has 18 heavy (non-hydrogen) atoms. The van der Waals surface area contributed by atoms with Gasteiger partial charge in [0.15, 0.2) is 5.15 Å². The van der Waals surface area contributed by atoms with Crippen molar-refractivity contribution in [1.82, 2.24) is 10.2 Å². The number of hydrogen-bond donors (Lipinski definition) is 0. The third-order valence-corrected chi connectivity index (χ3v) is 4.57. The molecule has 0 fully saturated rings. The topological polar surface area (TPSA) is 25.8 Å². The minimum atomic E-state index is 0.425. The number of aryl methyl sites for hydroxylation is 1. The zero-order valence-corrected chi connectivity index (χ0v) is 11.8. The Morgan fingerprint density at radius 1 is 1.06 bits per heavy atom. The van der Waals surface area contributed by atoms with Crippen LogP contribution in [0, 0.1) is 6.92 Å². The van der Waals surface area contributed by atoms with Crippen LogP contribution < -0.4 is 0 Å². The number of halogens is 2. The van der Waals surface area contributed by atoms with Crippen molar-refractivity contribution in [1.29, 1.82) is 0 Å². The summed E-state index contributed by atoms with van der Waals surface area (Å²) in [5.74, 6) is 0. The van der Waals surface area contributed by atoms with Crippen LogP contribution in [0.15, 0.2) is 30.3 Å². The lowest BCUT2D eigenvalue weighted by molar-refractivity contribution is 1.06. The molecule has 0 aliphatic carbocycles. The molecular formula is C13H8Cl2N2S. The summed E-state index contributed by atoms with van der Waals surface area (Å²) in [6.07, 6.45) is 0. The Morgan fingerprint density at radius 3 is 2.44 bits per heavy atom. The average molecular weight is 295 g/mol. The van der Waals surface area contributed by atoms with E-state index in [-0.39, 0.29) is 0 Å². The second kappa shape index (κ2) is 4.50. The monoisotopic (exact) mass is 294 g/mol. The molecule has 0 spiro atoms. The van der Waals surface area contributed by atoms with Gasteiger partial charge in [-0.2, -0.15) is 0 Å². The molecule has 0 aliphatic rings. The molecule has 0 atom stereocenters. The van der Waals surface area contributed by atoms with E-state index in [0.717, 1.165) is 31.2 Å². The Bertz CT molecular complexity index is 717. The van der Waals surface area contributed by atoms with E-state index < -0.39 is 0 Å². The molecule has 3 aromatic rings. The SMILES string of the molecule is Cc1cc(-c2nnc(Cl)c3ccccc23)sc1Cl. The zero-order valence-electron chi connectivity index (χ0n) is 9.45. The van der Waals surface area contributed by atoms with E-state index in [2.05, 4.69) is 10.2 Å². The summed E-state index contributed by atoms with van der Waals surface area (Å²) >= 11 is 13.7. The minimum absolute atomic E-state index is 0.425. The molecule has 0 amide bonds. The molecule has 0 bridgehead atoms. The van der Waals surface area contributed by atoms with Crippen LogP contribution in [0.3, 0.4) is 0 Å². The summed E-state index contributed by atoms with van der Waals surface area (Å²) < 4.78 is 0.783. The molecule has 2 nitrogen and oxygen atoms in total. The first-order valence-electron chi connectivity index (χ1n) is 5.34. The predicted molar refractivity (Wildman–Crippen MR) is 77.6 cm³/mol. The van der Waals surface area contributed by atoms with Gasteiger partial charge < -0.3 is 0 Å². The number of fused-ring (bicyclic) bond motifs is 1. The maximum absolute atomic E-state index is 6.11. The first kappa shape index (κ1) is 11.9. The fraction of sp³-hybridized carbons (Fsp3) is 0.0769. The Kier molecular flexibility index (Phi) is 2.98. The van der Waals surface area contributed by atoms with Crippen molar-refractivity contribution in [2.75, 3.05) is 0 Å². The highest BCUT2D eigenvalue weighted by Crippen LogP contribution is 2.37. The van der Waals surface area contributed by atoms with Gasteiger partial charge in [0.1, 0.15) is 5.69 Å². The standard InChI is InChI=1S/C13H8Cl2N2S/c1-7-6-10(18-13(7)15)11-8-4-2-3-5-9(8)12(14)17-16-11/h2-6H,1H3. The van der Waals surface area contributed by atoms with Crippen molar-refractivity contribution in [2.45, 2.75) is 6.92 Å². The second-order valence-electron chi connectivity index (χ2n) is 3.95. The van der Waals surface area contributed by atoms with E-state index in [9.17, 15) is 0 Å². The molecule has 2 heterocycles. The summed E-state index contributed by atoms with van der Waals surface area (Å²) in [6, 6.07) is 9.86. The third kappa shape index (κ3) is 1.88. The average Bonchev–Trinajstić information content (AvgIpc) is 2.70. The van der Waals surface area contributed by atoms with Crippen LogP contribution in [0.4, 0.5) is 0 Å². The summed E-state index contributed by atoms with van der Waals surface area (Å²) in [7, 11) is 0. The van der Waals surface area contributed by atoms with Crippen molar-refractivity contribution in [2.24, 2.45) is 0 Å². The highest BCUT2D eigenvalue weighted by Gasteiger charge is 2.12. The fourth-order valence-electron chi connectivity index (χ4n) is 1.83. The predicted octanol–water partition coefficient (Wildman–Crippen LogP) is 4.97. The first-order chi connectivity index (χ1) is 8.66. The van der Waals surface area contributed by atoms with Crippen molar-refractivity contribution in [3.63, 3.8) is 0 Å². The van der Waals surface area contributed by atoms with Crippen LogP contribution >= 0.6 is 34.5 Å². The van der Waals surface area contributed by atoms with Gasteiger partial charge in [-0.1, -0.05) is 47.5 Å². The molecule has 3 rings (SSSR count). The van der Waals surface area contributed by atoms with Crippen molar-refractivity contribution >= 4 is 45.3 Å². The van der Waals surface area contributed by atoms with E-state index in [4.69, 9.17) is 23.2 Å². The van der Waals surface area contributed by atoms with Crippen LogP contribution in [0.5, 0.6) is 0 Å². The van der Waals surface area contributed by atoms with Gasteiger partial charge in [0.25, 0.3) is 0 Å². The van der Waals surface area contributed by atoms with E-state index in [0.29, 0.717) is 5.15 Å². The number of nitrogens with zero attached hydrogens (tertiary/aromatic N) is 2. The lowest BCUT2D eigenvalue weighted by Gasteiger charge is -2.03. The first-order valence-corrected chi connectivity index (χ1v) is 6.91. The summed E-state index contributed by atoms with van der Waals surface area (Å²) in [5.41, 5.74) is 1.88. The molecule has 0 saturated heterocycles. The number of benzene rings is 1. The van der Waals surface area contributed by atoms with Gasteiger partial charge in [-0.15, -0.1) is 21.5 Å². The maximum Gasteiger partial charge on any atom is 0.159 e. The van der Waals surface area contributed by atoms with Crippen LogP contribution in [0.25, 0.3) is 21.3 Å². The van der Waals surface area contributed by atoms with Crippen molar-refractivity contribution in [3.8, 4) is 10.6 Å². The number of aromatic nitrogens is 2. The largest absolute Gasteiger partial charge is 0.159 e. The molecule has 0 saturated carbocycles. The second-order valence-corrected chi connectivity index (χ2v) is 5.96. The minimum Gasteiger partial charge on any atom is -0.147 e. The molecule has 2 aromatic heterocycles. The smallest absolute Gasteiger partial charge is 0.147 e. The van der Waals surface area contributed by atoms with Crippen LogP contribution in [-0.4, -0.2) is 10.2 Å². The van der Waals surface area contributed by atoms with Gasteiger partial charge in [-0.25, -0.2) is 0 Å². The Hall–Kier alpha value is -1.16. The molecule has 1 aromatic carbocycles. The normalized spacial score (nSPS) is 11.1. The van der Waals surface area contributed by atoms with Crippen LogP contribution in [-0.2, 0) is 0 Å². The molecule has 0 unspecified atom stereocenters. The van der Waals surface area contributed by atoms with Gasteiger partial charge >= 0.3 is 0 Å². The Labute approximate surface area is 118 Å². The molecule has 0 aliphatic heterocycles. The number of rotatable bonds is 1. The Balaban J connectivity index is 2.33.